The van der Waals surface area contributed by atoms with E-state index in [1.807, 2.05) is 6.26 Å². The summed E-state index contributed by atoms with van der Waals surface area (Å²) in [5, 5.41) is 0. The Hall–Kier alpha value is -0.640. The van der Waals surface area contributed by atoms with Crippen LogP contribution in [0.3, 0.4) is 0 Å². The maximum Gasteiger partial charge on any atom is 0.332 e. The van der Waals surface area contributed by atoms with Crippen molar-refractivity contribution in [2.45, 2.75) is 22.8 Å². The average Bonchev–Trinajstić information content (AvgIpc) is 2.37. The van der Waals surface area contributed by atoms with Gasteiger partial charge in [0.2, 0.25) is 10.0 Å². The van der Waals surface area contributed by atoms with Crippen molar-refractivity contribution < 1.29 is 20.7 Å². The standard InChI is InChI=1S/C11H16FNO4S3/c1-9(8-18-3)13(2)20(16,17)11-6-4-10(5-7-11)19(12,14)15/h4-7,9H,8H2,1-3H3. The summed E-state index contributed by atoms with van der Waals surface area (Å²) in [6, 6.07) is 3.85. The highest BCUT2D eigenvalue weighted by molar-refractivity contribution is 7.98. The predicted molar refractivity (Wildman–Crippen MR) is 77.5 cm³/mol. The van der Waals surface area contributed by atoms with Crippen molar-refractivity contribution in [1.29, 1.82) is 0 Å². The Kier molecular flexibility index (Phi) is 5.59. The van der Waals surface area contributed by atoms with Gasteiger partial charge in [0.05, 0.1) is 9.79 Å². The van der Waals surface area contributed by atoms with Crippen molar-refractivity contribution in [1.82, 2.24) is 4.31 Å². The Balaban J connectivity index is 3.11. The number of hydrogen-bond donors (Lipinski definition) is 0. The largest absolute Gasteiger partial charge is 0.332 e. The fourth-order valence-electron chi connectivity index (χ4n) is 1.52. The van der Waals surface area contributed by atoms with Crippen LogP contribution in [-0.4, -0.2) is 46.2 Å². The monoisotopic (exact) mass is 341 g/mol. The average molecular weight is 341 g/mol. The summed E-state index contributed by atoms with van der Waals surface area (Å²) in [6.45, 7) is 1.77. The van der Waals surface area contributed by atoms with E-state index in [-0.39, 0.29) is 10.9 Å². The maximum absolute atomic E-state index is 12.7. The highest BCUT2D eigenvalue weighted by Crippen LogP contribution is 2.20. The van der Waals surface area contributed by atoms with Crippen LogP contribution in [0.5, 0.6) is 0 Å². The summed E-state index contributed by atoms with van der Waals surface area (Å²) in [5.74, 6) is 0.632. The van der Waals surface area contributed by atoms with Gasteiger partial charge < -0.3 is 0 Å². The van der Waals surface area contributed by atoms with E-state index in [1.54, 1.807) is 6.92 Å². The lowest BCUT2D eigenvalue weighted by Crippen LogP contribution is -2.36. The second kappa shape index (κ2) is 6.42. The summed E-state index contributed by atoms with van der Waals surface area (Å²) in [4.78, 5) is -0.628. The lowest BCUT2D eigenvalue weighted by Gasteiger charge is -2.23. The van der Waals surface area contributed by atoms with Gasteiger partial charge in [0.25, 0.3) is 0 Å². The van der Waals surface area contributed by atoms with E-state index >= 15 is 0 Å². The van der Waals surface area contributed by atoms with Crippen molar-refractivity contribution in [2.75, 3.05) is 19.1 Å². The molecule has 0 saturated heterocycles. The number of benzene rings is 1. The van der Waals surface area contributed by atoms with Gasteiger partial charge in [-0.2, -0.15) is 24.5 Å². The molecule has 1 rings (SSSR count). The molecule has 114 valence electrons. The minimum absolute atomic E-state index is 0.0691. The number of thioether (sulfide) groups is 1. The molecule has 20 heavy (non-hydrogen) atoms. The summed E-state index contributed by atoms with van der Waals surface area (Å²) < 4.78 is 59.9. The summed E-state index contributed by atoms with van der Waals surface area (Å²) in [6.07, 6.45) is 1.87. The molecule has 0 aliphatic rings. The predicted octanol–water partition coefficient (Wildman–Crippen LogP) is 1.72. The zero-order chi connectivity index (χ0) is 15.6. The van der Waals surface area contributed by atoms with Crippen molar-refractivity contribution in [3.05, 3.63) is 24.3 Å². The minimum Gasteiger partial charge on any atom is -0.207 e. The molecule has 0 aromatic heterocycles. The summed E-state index contributed by atoms with van der Waals surface area (Å²) >= 11 is 1.52. The number of rotatable bonds is 6. The lowest BCUT2D eigenvalue weighted by atomic mass is 10.4. The van der Waals surface area contributed by atoms with Gasteiger partial charge in [-0.05, 0) is 37.4 Å². The minimum atomic E-state index is -4.82. The van der Waals surface area contributed by atoms with E-state index in [9.17, 15) is 20.7 Å². The van der Waals surface area contributed by atoms with E-state index in [0.717, 1.165) is 24.3 Å². The molecule has 0 aliphatic carbocycles. The zero-order valence-corrected chi connectivity index (χ0v) is 13.7. The van der Waals surface area contributed by atoms with Crippen LogP contribution in [0.1, 0.15) is 6.92 Å². The highest BCUT2D eigenvalue weighted by Gasteiger charge is 2.25. The Morgan fingerprint density at radius 2 is 1.60 bits per heavy atom. The summed E-state index contributed by atoms with van der Waals surface area (Å²) in [5.41, 5.74) is 0. The third-order valence-corrected chi connectivity index (χ3v) is 6.45. The first kappa shape index (κ1) is 17.4. The number of sulfonamides is 1. The van der Waals surface area contributed by atoms with Crippen LogP contribution in [0.4, 0.5) is 3.89 Å². The van der Waals surface area contributed by atoms with Crippen LogP contribution in [0.2, 0.25) is 0 Å². The van der Waals surface area contributed by atoms with E-state index in [4.69, 9.17) is 0 Å². The third-order valence-electron chi connectivity index (χ3n) is 2.81. The molecule has 0 fully saturated rings. The fourth-order valence-corrected chi connectivity index (χ4v) is 4.15. The SMILES string of the molecule is CSCC(C)N(C)S(=O)(=O)c1ccc(S(=O)(=O)F)cc1. The smallest absolute Gasteiger partial charge is 0.207 e. The second-order valence-electron chi connectivity index (χ2n) is 4.23. The van der Waals surface area contributed by atoms with E-state index in [1.165, 1.54) is 23.1 Å². The maximum atomic E-state index is 12.7. The van der Waals surface area contributed by atoms with Gasteiger partial charge in [0.1, 0.15) is 0 Å². The molecule has 5 nitrogen and oxygen atoms in total. The van der Waals surface area contributed by atoms with Crippen molar-refractivity contribution >= 4 is 32.0 Å². The van der Waals surface area contributed by atoms with Crippen LogP contribution >= 0.6 is 11.8 Å². The molecule has 0 spiro atoms. The molecule has 1 aromatic carbocycles. The van der Waals surface area contributed by atoms with Gasteiger partial charge in [0.15, 0.2) is 0 Å². The van der Waals surface area contributed by atoms with Gasteiger partial charge in [-0.25, -0.2) is 8.42 Å². The molecule has 0 heterocycles. The quantitative estimate of drug-likeness (QED) is 0.737. The Bertz CT molecular complexity index is 655. The molecule has 9 heteroatoms. The van der Waals surface area contributed by atoms with Crippen molar-refractivity contribution in [3.63, 3.8) is 0 Å². The molecule has 0 amide bonds. The first-order chi connectivity index (χ1) is 9.10. The van der Waals surface area contributed by atoms with Gasteiger partial charge in [-0.15, -0.1) is 3.89 Å². The van der Waals surface area contributed by atoms with Crippen molar-refractivity contribution in [2.24, 2.45) is 0 Å². The van der Waals surface area contributed by atoms with E-state index in [2.05, 4.69) is 0 Å². The van der Waals surface area contributed by atoms with Crippen LogP contribution in [0.25, 0.3) is 0 Å². The highest BCUT2D eigenvalue weighted by atomic mass is 32.3. The summed E-state index contributed by atoms with van der Waals surface area (Å²) in [7, 11) is -7.09. The van der Waals surface area contributed by atoms with E-state index in [0.29, 0.717) is 5.75 Å². The third kappa shape index (κ3) is 3.94. The first-order valence-corrected chi connectivity index (χ1v) is 9.84. The van der Waals surface area contributed by atoms with Crippen LogP contribution in [0.15, 0.2) is 34.1 Å². The molecule has 0 radical (unpaired) electrons. The first-order valence-electron chi connectivity index (χ1n) is 5.62. The molecule has 0 saturated carbocycles. The zero-order valence-electron chi connectivity index (χ0n) is 11.3. The van der Waals surface area contributed by atoms with Crippen LogP contribution in [0, 0.1) is 0 Å². The van der Waals surface area contributed by atoms with Crippen LogP contribution in [-0.2, 0) is 20.2 Å². The number of halogens is 1. The van der Waals surface area contributed by atoms with Gasteiger partial charge in [-0.1, -0.05) is 0 Å². The Labute approximate surface area is 123 Å². The van der Waals surface area contributed by atoms with Gasteiger partial charge >= 0.3 is 10.2 Å². The normalized spacial score (nSPS) is 14.4. The molecule has 1 atom stereocenters. The van der Waals surface area contributed by atoms with Gasteiger partial charge in [0, 0.05) is 18.8 Å². The Morgan fingerprint density at radius 3 is 2.00 bits per heavy atom. The lowest BCUT2D eigenvalue weighted by molar-refractivity contribution is 0.415. The molecular formula is C11H16FNO4S3. The topological polar surface area (TPSA) is 71.5 Å². The fraction of sp³-hybridized carbons (Fsp3) is 0.455. The number of nitrogens with zero attached hydrogens (tertiary/aromatic N) is 1. The van der Waals surface area contributed by atoms with E-state index < -0.39 is 25.1 Å². The Morgan fingerprint density at radius 1 is 1.15 bits per heavy atom. The molecule has 1 aromatic rings. The van der Waals surface area contributed by atoms with Crippen molar-refractivity contribution in [3.8, 4) is 0 Å². The molecule has 0 aliphatic heterocycles. The second-order valence-corrected chi connectivity index (χ2v) is 8.49. The van der Waals surface area contributed by atoms with Crippen LogP contribution < -0.4 is 0 Å². The molecule has 0 N–H and O–H groups in total. The molecule has 0 bridgehead atoms. The molecule has 1 unspecified atom stereocenters. The molecular weight excluding hydrogens is 325 g/mol. The van der Waals surface area contributed by atoms with Gasteiger partial charge in [-0.3, -0.25) is 0 Å². The number of hydrogen-bond acceptors (Lipinski definition) is 5.